The summed E-state index contributed by atoms with van der Waals surface area (Å²) >= 11 is 0. The van der Waals surface area contributed by atoms with E-state index in [4.69, 9.17) is 5.73 Å². The lowest BCUT2D eigenvalue weighted by Gasteiger charge is -2.17. The van der Waals surface area contributed by atoms with Gasteiger partial charge in [0.25, 0.3) is 0 Å². The number of hydrogen-bond donors (Lipinski definition) is 1. The molecular weight excluding hydrogens is 196 g/mol. The fraction of sp³-hybridized carbons (Fsp3) is 0.500. The Morgan fingerprint density at radius 3 is 2.69 bits per heavy atom. The fourth-order valence-corrected chi connectivity index (χ4v) is 2.23. The SMILES string of the molecule is NCc1ccc(/C=C\C2CCCCC2)cn1. The maximum Gasteiger partial charge on any atom is 0.0539 e. The lowest BCUT2D eigenvalue weighted by atomic mass is 9.89. The van der Waals surface area contributed by atoms with Crippen LogP contribution in [0.25, 0.3) is 6.08 Å². The van der Waals surface area contributed by atoms with Gasteiger partial charge < -0.3 is 5.73 Å². The Morgan fingerprint density at radius 2 is 2.06 bits per heavy atom. The molecule has 1 heterocycles. The van der Waals surface area contributed by atoms with Gasteiger partial charge in [-0.3, -0.25) is 4.98 Å². The van der Waals surface area contributed by atoms with Crippen molar-refractivity contribution >= 4 is 6.08 Å². The molecule has 86 valence electrons. The van der Waals surface area contributed by atoms with E-state index in [0.29, 0.717) is 6.54 Å². The van der Waals surface area contributed by atoms with Gasteiger partial charge in [-0.2, -0.15) is 0 Å². The molecule has 0 bridgehead atoms. The monoisotopic (exact) mass is 216 g/mol. The van der Waals surface area contributed by atoms with Crippen LogP contribution in [0.2, 0.25) is 0 Å². The topological polar surface area (TPSA) is 38.9 Å². The average molecular weight is 216 g/mol. The van der Waals surface area contributed by atoms with Gasteiger partial charge in [-0.25, -0.2) is 0 Å². The Bertz CT molecular complexity index is 334. The highest BCUT2D eigenvalue weighted by Crippen LogP contribution is 2.25. The lowest BCUT2D eigenvalue weighted by Crippen LogP contribution is -2.02. The van der Waals surface area contributed by atoms with Gasteiger partial charge in [0.1, 0.15) is 0 Å². The zero-order valence-electron chi connectivity index (χ0n) is 9.73. The molecule has 16 heavy (non-hydrogen) atoms. The van der Waals surface area contributed by atoms with Gasteiger partial charge in [0.05, 0.1) is 5.69 Å². The van der Waals surface area contributed by atoms with Crippen molar-refractivity contribution in [3.8, 4) is 0 Å². The normalized spacial score (nSPS) is 18.1. The van der Waals surface area contributed by atoms with Crippen LogP contribution >= 0.6 is 0 Å². The first-order valence-corrected chi connectivity index (χ1v) is 6.21. The first kappa shape index (κ1) is 11.3. The molecule has 1 fully saturated rings. The van der Waals surface area contributed by atoms with E-state index in [0.717, 1.165) is 11.6 Å². The van der Waals surface area contributed by atoms with Crippen molar-refractivity contribution in [1.82, 2.24) is 4.98 Å². The predicted octanol–water partition coefficient (Wildman–Crippen LogP) is 3.13. The molecule has 1 aromatic heterocycles. The molecule has 1 aliphatic carbocycles. The zero-order valence-corrected chi connectivity index (χ0v) is 9.73. The zero-order chi connectivity index (χ0) is 11.2. The van der Waals surface area contributed by atoms with Gasteiger partial charge in [-0.05, 0) is 30.4 Å². The van der Waals surface area contributed by atoms with Crippen LogP contribution < -0.4 is 5.73 Å². The van der Waals surface area contributed by atoms with E-state index in [1.807, 2.05) is 12.3 Å². The van der Waals surface area contributed by atoms with Crippen LogP contribution in [0.1, 0.15) is 43.4 Å². The van der Waals surface area contributed by atoms with E-state index in [1.54, 1.807) is 0 Å². The molecule has 2 N–H and O–H groups in total. The Kier molecular flexibility index (Phi) is 4.11. The Morgan fingerprint density at radius 1 is 1.25 bits per heavy atom. The second kappa shape index (κ2) is 5.80. The standard InChI is InChI=1S/C14H20N2/c15-10-14-9-8-13(11-16-14)7-6-12-4-2-1-3-5-12/h6-9,11-12H,1-5,10,15H2/b7-6-. The van der Waals surface area contributed by atoms with Crippen LogP contribution in [0.4, 0.5) is 0 Å². The summed E-state index contributed by atoms with van der Waals surface area (Å²) in [6, 6.07) is 4.09. The maximum absolute atomic E-state index is 5.51. The summed E-state index contributed by atoms with van der Waals surface area (Å²) < 4.78 is 0. The minimum absolute atomic E-state index is 0.520. The molecule has 0 unspecified atom stereocenters. The highest BCUT2D eigenvalue weighted by atomic mass is 14.7. The minimum Gasteiger partial charge on any atom is -0.325 e. The van der Waals surface area contributed by atoms with Crippen molar-refractivity contribution in [3.63, 3.8) is 0 Å². The third kappa shape index (κ3) is 3.17. The predicted molar refractivity (Wildman–Crippen MR) is 67.7 cm³/mol. The lowest BCUT2D eigenvalue weighted by molar-refractivity contribution is 0.420. The first-order chi connectivity index (χ1) is 7.88. The van der Waals surface area contributed by atoms with Crippen molar-refractivity contribution in [2.75, 3.05) is 0 Å². The molecule has 0 atom stereocenters. The van der Waals surface area contributed by atoms with Gasteiger partial charge >= 0.3 is 0 Å². The number of nitrogens with two attached hydrogens (primary N) is 1. The van der Waals surface area contributed by atoms with Crippen LogP contribution in [0.5, 0.6) is 0 Å². The van der Waals surface area contributed by atoms with Crippen LogP contribution in [-0.2, 0) is 6.54 Å². The number of pyridine rings is 1. The average Bonchev–Trinajstić information content (AvgIpc) is 2.38. The molecule has 0 spiro atoms. The van der Waals surface area contributed by atoms with Crippen LogP contribution in [0, 0.1) is 5.92 Å². The molecule has 1 aliphatic rings. The van der Waals surface area contributed by atoms with Crippen LogP contribution in [0.15, 0.2) is 24.4 Å². The van der Waals surface area contributed by atoms with E-state index >= 15 is 0 Å². The summed E-state index contributed by atoms with van der Waals surface area (Å²) in [5, 5.41) is 0. The third-order valence-corrected chi connectivity index (χ3v) is 3.27. The van der Waals surface area contributed by atoms with E-state index in [1.165, 1.54) is 37.7 Å². The van der Waals surface area contributed by atoms with E-state index in [2.05, 4.69) is 23.2 Å². The Balaban J connectivity index is 1.94. The number of rotatable bonds is 3. The number of nitrogens with zero attached hydrogens (tertiary/aromatic N) is 1. The molecule has 0 aromatic carbocycles. The van der Waals surface area contributed by atoms with Crippen molar-refractivity contribution in [2.24, 2.45) is 11.7 Å². The molecular formula is C14H20N2. The molecule has 1 saturated carbocycles. The highest BCUT2D eigenvalue weighted by molar-refractivity contribution is 5.48. The van der Waals surface area contributed by atoms with E-state index in [9.17, 15) is 0 Å². The Labute approximate surface area is 97.6 Å². The highest BCUT2D eigenvalue weighted by Gasteiger charge is 2.09. The van der Waals surface area contributed by atoms with Gasteiger partial charge in [0.15, 0.2) is 0 Å². The summed E-state index contributed by atoms with van der Waals surface area (Å²) in [5.74, 6) is 0.780. The Hall–Kier alpha value is -1.15. The van der Waals surface area contributed by atoms with Gasteiger partial charge in [-0.1, -0.05) is 37.5 Å². The first-order valence-electron chi connectivity index (χ1n) is 6.21. The largest absolute Gasteiger partial charge is 0.325 e. The minimum atomic E-state index is 0.520. The fourth-order valence-electron chi connectivity index (χ4n) is 2.23. The van der Waals surface area contributed by atoms with Gasteiger partial charge in [0, 0.05) is 12.7 Å². The summed E-state index contributed by atoms with van der Waals surface area (Å²) in [7, 11) is 0. The summed E-state index contributed by atoms with van der Waals surface area (Å²) in [5.41, 5.74) is 7.65. The maximum atomic E-state index is 5.51. The van der Waals surface area contributed by atoms with Gasteiger partial charge in [0.2, 0.25) is 0 Å². The summed E-state index contributed by atoms with van der Waals surface area (Å²) in [4.78, 5) is 4.28. The summed E-state index contributed by atoms with van der Waals surface area (Å²) in [6.07, 6.45) is 13.3. The van der Waals surface area contributed by atoms with Crippen molar-refractivity contribution in [1.29, 1.82) is 0 Å². The van der Waals surface area contributed by atoms with E-state index < -0.39 is 0 Å². The molecule has 2 heteroatoms. The quantitative estimate of drug-likeness (QED) is 0.843. The molecule has 1 aromatic rings. The summed E-state index contributed by atoms with van der Waals surface area (Å²) in [6.45, 7) is 0.520. The molecule has 0 radical (unpaired) electrons. The van der Waals surface area contributed by atoms with Crippen LogP contribution in [0.3, 0.4) is 0 Å². The number of allylic oxidation sites excluding steroid dienone is 1. The smallest absolute Gasteiger partial charge is 0.0539 e. The number of hydrogen-bond acceptors (Lipinski definition) is 2. The molecule has 0 amide bonds. The number of aromatic nitrogens is 1. The van der Waals surface area contributed by atoms with E-state index in [-0.39, 0.29) is 0 Å². The van der Waals surface area contributed by atoms with Crippen molar-refractivity contribution in [3.05, 3.63) is 35.7 Å². The third-order valence-electron chi connectivity index (χ3n) is 3.27. The molecule has 0 aliphatic heterocycles. The van der Waals surface area contributed by atoms with Gasteiger partial charge in [-0.15, -0.1) is 0 Å². The van der Waals surface area contributed by atoms with Crippen molar-refractivity contribution < 1.29 is 0 Å². The van der Waals surface area contributed by atoms with Crippen molar-refractivity contribution in [2.45, 2.75) is 38.6 Å². The second-order valence-electron chi connectivity index (χ2n) is 4.54. The van der Waals surface area contributed by atoms with Crippen LogP contribution in [-0.4, -0.2) is 4.98 Å². The molecule has 2 nitrogen and oxygen atoms in total. The second-order valence-corrected chi connectivity index (χ2v) is 4.54. The molecule has 0 saturated heterocycles. The molecule has 2 rings (SSSR count).